The minimum Gasteiger partial charge on any atom is -0.477 e. The average molecular weight is 276 g/mol. The highest BCUT2D eigenvalue weighted by molar-refractivity contribution is 9.11. The van der Waals surface area contributed by atoms with Gasteiger partial charge in [0.15, 0.2) is 0 Å². The van der Waals surface area contributed by atoms with Gasteiger partial charge < -0.3 is 10.4 Å². The number of carbonyl (C=O) groups is 1. The zero-order valence-corrected chi connectivity index (χ0v) is 9.87. The van der Waals surface area contributed by atoms with Crippen molar-refractivity contribution in [1.29, 1.82) is 0 Å². The molecule has 1 aliphatic rings. The SMILES string of the molecule is O=C(O)c1sc(Br)c2c1CCCNC2. The predicted octanol–water partition coefficient (Wildman–Crippen LogP) is 2.24. The van der Waals surface area contributed by atoms with Crippen molar-refractivity contribution in [3.05, 3.63) is 19.8 Å². The molecule has 0 saturated heterocycles. The Morgan fingerprint density at radius 2 is 2.29 bits per heavy atom. The highest BCUT2D eigenvalue weighted by atomic mass is 79.9. The highest BCUT2D eigenvalue weighted by Crippen LogP contribution is 2.34. The van der Waals surface area contributed by atoms with Gasteiger partial charge in [0.2, 0.25) is 0 Å². The maximum absolute atomic E-state index is 11.0. The lowest BCUT2D eigenvalue weighted by Crippen LogP contribution is -2.11. The van der Waals surface area contributed by atoms with Crippen molar-refractivity contribution in [3.8, 4) is 0 Å². The molecule has 2 rings (SSSR count). The fourth-order valence-corrected chi connectivity index (χ4v) is 3.48. The van der Waals surface area contributed by atoms with E-state index in [1.54, 1.807) is 0 Å². The van der Waals surface area contributed by atoms with Crippen LogP contribution < -0.4 is 5.32 Å². The topological polar surface area (TPSA) is 49.3 Å². The second-order valence-electron chi connectivity index (χ2n) is 3.25. The van der Waals surface area contributed by atoms with Crippen molar-refractivity contribution < 1.29 is 9.90 Å². The van der Waals surface area contributed by atoms with Crippen molar-refractivity contribution in [2.24, 2.45) is 0 Å². The summed E-state index contributed by atoms with van der Waals surface area (Å²) in [7, 11) is 0. The average Bonchev–Trinajstić information content (AvgIpc) is 2.38. The molecule has 0 spiro atoms. The Morgan fingerprint density at radius 1 is 1.50 bits per heavy atom. The number of hydrogen-bond donors (Lipinski definition) is 2. The van der Waals surface area contributed by atoms with Crippen molar-refractivity contribution in [3.63, 3.8) is 0 Å². The van der Waals surface area contributed by atoms with Crippen LogP contribution in [0.1, 0.15) is 27.2 Å². The van der Waals surface area contributed by atoms with Crippen LogP contribution in [0.15, 0.2) is 3.79 Å². The normalized spacial score (nSPS) is 16.1. The molecular weight excluding hydrogens is 266 g/mol. The second kappa shape index (κ2) is 4.00. The smallest absolute Gasteiger partial charge is 0.346 e. The Morgan fingerprint density at radius 3 is 3.00 bits per heavy atom. The number of rotatable bonds is 1. The summed E-state index contributed by atoms with van der Waals surface area (Å²) in [5, 5.41) is 12.3. The van der Waals surface area contributed by atoms with Gasteiger partial charge in [0.25, 0.3) is 0 Å². The summed E-state index contributed by atoms with van der Waals surface area (Å²) in [5.41, 5.74) is 2.14. The number of carboxylic acids is 1. The molecule has 0 amide bonds. The summed E-state index contributed by atoms with van der Waals surface area (Å²) in [6.45, 7) is 1.74. The predicted molar refractivity (Wildman–Crippen MR) is 59.0 cm³/mol. The molecule has 1 aromatic heterocycles. The van der Waals surface area contributed by atoms with Gasteiger partial charge in [-0.15, -0.1) is 11.3 Å². The van der Waals surface area contributed by atoms with Crippen molar-refractivity contribution >= 4 is 33.2 Å². The molecule has 1 aromatic rings. The zero-order chi connectivity index (χ0) is 10.1. The van der Waals surface area contributed by atoms with Crippen LogP contribution in [0.5, 0.6) is 0 Å². The summed E-state index contributed by atoms with van der Waals surface area (Å²) in [5.74, 6) is -0.807. The fourth-order valence-electron chi connectivity index (χ4n) is 1.69. The fraction of sp³-hybridized carbons (Fsp3) is 0.444. The minimum absolute atomic E-state index is 0.496. The highest BCUT2D eigenvalue weighted by Gasteiger charge is 2.21. The van der Waals surface area contributed by atoms with Crippen LogP contribution >= 0.6 is 27.3 Å². The Labute approximate surface area is 94.3 Å². The summed E-state index contributed by atoms with van der Waals surface area (Å²) in [6, 6.07) is 0. The van der Waals surface area contributed by atoms with Crippen LogP contribution in [0.3, 0.4) is 0 Å². The van der Waals surface area contributed by atoms with E-state index in [0.717, 1.165) is 40.8 Å². The van der Waals surface area contributed by atoms with E-state index in [1.165, 1.54) is 11.3 Å². The van der Waals surface area contributed by atoms with E-state index in [2.05, 4.69) is 21.2 Å². The number of halogens is 1. The molecule has 0 saturated carbocycles. The first kappa shape index (κ1) is 10.1. The molecule has 2 heterocycles. The van der Waals surface area contributed by atoms with Gasteiger partial charge in [0, 0.05) is 6.54 Å². The number of nitrogens with one attached hydrogen (secondary N) is 1. The molecule has 0 atom stereocenters. The molecule has 0 fully saturated rings. The van der Waals surface area contributed by atoms with Crippen molar-refractivity contribution in [1.82, 2.24) is 5.32 Å². The Kier molecular flexibility index (Phi) is 2.90. The molecule has 0 radical (unpaired) electrons. The largest absolute Gasteiger partial charge is 0.477 e. The molecule has 14 heavy (non-hydrogen) atoms. The Hall–Kier alpha value is -0.390. The number of hydrogen-bond acceptors (Lipinski definition) is 3. The van der Waals surface area contributed by atoms with E-state index in [0.29, 0.717) is 4.88 Å². The van der Waals surface area contributed by atoms with Crippen LogP contribution in [-0.4, -0.2) is 17.6 Å². The number of aromatic carboxylic acids is 1. The lowest BCUT2D eigenvalue weighted by molar-refractivity contribution is 0.0701. The van der Waals surface area contributed by atoms with E-state index in [9.17, 15) is 4.79 Å². The molecule has 0 bridgehead atoms. The molecule has 1 aliphatic heterocycles. The molecule has 3 nitrogen and oxygen atoms in total. The van der Waals surface area contributed by atoms with Gasteiger partial charge in [-0.05, 0) is 46.4 Å². The van der Waals surface area contributed by atoms with E-state index in [-0.39, 0.29) is 0 Å². The third-order valence-electron chi connectivity index (χ3n) is 2.34. The van der Waals surface area contributed by atoms with Gasteiger partial charge in [0.1, 0.15) is 4.88 Å². The van der Waals surface area contributed by atoms with Crippen LogP contribution in [-0.2, 0) is 13.0 Å². The first-order valence-corrected chi connectivity index (χ1v) is 6.05. The van der Waals surface area contributed by atoms with Gasteiger partial charge in [0.05, 0.1) is 3.79 Å². The summed E-state index contributed by atoms with van der Waals surface area (Å²) in [4.78, 5) is 11.5. The lowest BCUT2D eigenvalue weighted by Gasteiger charge is -1.99. The Bertz CT molecular complexity index is 375. The number of carboxylic acid groups (broad SMARTS) is 1. The summed E-state index contributed by atoms with van der Waals surface area (Å²) < 4.78 is 0.958. The third-order valence-corrected chi connectivity index (χ3v) is 4.36. The molecular formula is C9H10BrNO2S. The van der Waals surface area contributed by atoms with Crippen LogP contribution in [0.2, 0.25) is 0 Å². The van der Waals surface area contributed by atoms with Gasteiger partial charge >= 0.3 is 5.97 Å². The maximum Gasteiger partial charge on any atom is 0.346 e. The summed E-state index contributed by atoms with van der Waals surface area (Å²) >= 11 is 4.75. The van der Waals surface area contributed by atoms with Gasteiger partial charge in [-0.2, -0.15) is 0 Å². The minimum atomic E-state index is -0.807. The first-order chi connectivity index (χ1) is 6.70. The molecule has 2 N–H and O–H groups in total. The zero-order valence-electron chi connectivity index (χ0n) is 7.47. The molecule has 0 aromatic carbocycles. The van der Waals surface area contributed by atoms with E-state index in [1.807, 2.05) is 0 Å². The maximum atomic E-state index is 11.0. The van der Waals surface area contributed by atoms with Crippen molar-refractivity contribution in [2.45, 2.75) is 19.4 Å². The first-order valence-electron chi connectivity index (χ1n) is 4.44. The van der Waals surface area contributed by atoms with E-state index in [4.69, 9.17) is 5.11 Å². The third kappa shape index (κ3) is 1.71. The van der Waals surface area contributed by atoms with Crippen LogP contribution in [0.4, 0.5) is 0 Å². The summed E-state index contributed by atoms with van der Waals surface area (Å²) in [6.07, 6.45) is 1.88. The molecule has 0 aliphatic carbocycles. The monoisotopic (exact) mass is 275 g/mol. The van der Waals surface area contributed by atoms with Gasteiger partial charge in [-0.1, -0.05) is 0 Å². The van der Waals surface area contributed by atoms with Gasteiger partial charge in [-0.3, -0.25) is 0 Å². The second-order valence-corrected chi connectivity index (χ2v) is 5.59. The number of fused-ring (bicyclic) bond motifs is 1. The molecule has 0 unspecified atom stereocenters. The van der Waals surface area contributed by atoms with Crippen LogP contribution in [0.25, 0.3) is 0 Å². The van der Waals surface area contributed by atoms with E-state index >= 15 is 0 Å². The quantitative estimate of drug-likeness (QED) is 0.827. The lowest BCUT2D eigenvalue weighted by atomic mass is 10.1. The molecule has 5 heteroatoms. The standard InChI is InChI=1S/C9H10BrNO2S/c10-8-6-4-11-3-1-2-5(6)7(14-8)9(12)13/h11H,1-4H2,(H,12,13). The molecule has 76 valence electrons. The number of thiophene rings is 1. The van der Waals surface area contributed by atoms with Crippen LogP contribution in [0, 0.1) is 0 Å². The van der Waals surface area contributed by atoms with Crippen molar-refractivity contribution in [2.75, 3.05) is 6.54 Å². The van der Waals surface area contributed by atoms with E-state index < -0.39 is 5.97 Å². The Balaban J connectivity index is 2.49. The van der Waals surface area contributed by atoms with Gasteiger partial charge in [-0.25, -0.2) is 4.79 Å².